The van der Waals surface area contributed by atoms with Crippen molar-refractivity contribution in [1.29, 1.82) is 0 Å². The van der Waals surface area contributed by atoms with Crippen LogP contribution in [0.2, 0.25) is 0 Å². The van der Waals surface area contributed by atoms with E-state index in [-0.39, 0.29) is 11.3 Å². The lowest BCUT2D eigenvalue weighted by atomic mass is 9.72. The van der Waals surface area contributed by atoms with Crippen molar-refractivity contribution in [3.05, 3.63) is 53.6 Å². The fourth-order valence-corrected chi connectivity index (χ4v) is 5.21. The number of piperidine rings is 1. The Morgan fingerprint density at radius 3 is 2.12 bits per heavy atom. The Morgan fingerprint density at radius 2 is 1.61 bits per heavy atom. The monoisotopic (exact) mass is 564 g/mol. The standard InChI is InChI=1S/C29H37N3O4.C4H11N/c1-19(2)15-23-9-10-24(16-25(23)33)27-30-26(31-36-27)22-7-5-21(6-8-22)18-32-13-11-29(12-14-32,28(34)35)17-20(3)4;1-4(2,3)5/h5-10,16,19-20,33H,11-15,17-18H2,1-4H3,(H,34,35);5H2,1-3H3. The molecule has 1 aliphatic heterocycles. The number of hydrogen-bond donors (Lipinski definition) is 3. The van der Waals surface area contributed by atoms with Crippen LogP contribution in [0.1, 0.15) is 78.9 Å². The Hall–Kier alpha value is -3.23. The third-order valence-electron chi connectivity index (χ3n) is 7.07. The van der Waals surface area contributed by atoms with Gasteiger partial charge in [0.05, 0.1) is 5.41 Å². The highest BCUT2D eigenvalue weighted by Gasteiger charge is 2.41. The lowest BCUT2D eigenvalue weighted by Crippen LogP contribution is -2.44. The summed E-state index contributed by atoms with van der Waals surface area (Å²) in [5.41, 5.74) is 8.39. The molecule has 2 heterocycles. The van der Waals surface area contributed by atoms with E-state index in [2.05, 4.69) is 54.9 Å². The van der Waals surface area contributed by atoms with Gasteiger partial charge in [-0.25, -0.2) is 0 Å². The molecule has 0 saturated carbocycles. The Bertz CT molecular complexity index is 1260. The maximum atomic E-state index is 12.0. The summed E-state index contributed by atoms with van der Waals surface area (Å²) >= 11 is 0. The minimum absolute atomic E-state index is 0. The van der Waals surface area contributed by atoms with Gasteiger partial charge in [0.2, 0.25) is 5.82 Å². The van der Waals surface area contributed by atoms with Crippen LogP contribution in [-0.4, -0.2) is 49.9 Å². The van der Waals surface area contributed by atoms with Crippen LogP contribution < -0.4 is 5.73 Å². The number of nitrogens with zero attached hydrogens (tertiary/aromatic N) is 3. The van der Waals surface area contributed by atoms with Crippen LogP contribution in [0.5, 0.6) is 5.75 Å². The maximum absolute atomic E-state index is 12.0. The van der Waals surface area contributed by atoms with Crippen LogP contribution >= 0.6 is 0 Å². The zero-order valence-corrected chi connectivity index (χ0v) is 25.8. The molecule has 224 valence electrons. The van der Waals surface area contributed by atoms with Crippen molar-refractivity contribution in [3.8, 4) is 28.6 Å². The molecule has 0 bridgehead atoms. The first-order valence-electron chi connectivity index (χ1n) is 14.6. The fraction of sp³-hybridized carbons (Fsp3) is 0.545. The molecule has 41 heavy (non-hydrogen) atoms. The number of aromatic nitrogens is 2. The summed E-state index contributed by atoms with van der Waals surface area (Å²) in [6, 6.07) is 13.6. The lowest BCUT2D eigenvalue weighted by Gasteiger charge is -2.40. The van der Waals surface area contributed by atoms with Crippen molar-refractivity contribution in [2.24, 2.45) is 23.0 Å². The first-order chi connectivity index (χ1) is 19.1. The number of carboxylic acid groups (broad SMARTS) is 1. The van der Waals surface area contributed by atoms with Gasteiger partial charge in [0.15, 0.2) is 0 Å². The molecule has 8 nitrogen and oxygen atoms in total. The molecule has 1 saturated heterocycles. The Labute approximate surface area is 245 Å². The van der Waals surface area contributed by atoms with E-state index >= 15 is 0 Å². The summed E-state index contributed by atoms with van der Waals surface area (Å²) < 4.78 is 5.47. The second-order valence-corrected chi connectivity index (χ2v) is 13.4. The van der Waals surface area contributed by atoms with Gasteiger partial charge in [-0.05, 0) is 94.6 Å². The van der Waals surface area contributed by atoms with E-state index in [4.69, 9.17) is 10.3 Å². The van der Waals surface area contributed by atoms with Crippen LogP contribution in [0.4, 0.5) is 0 Å². The van der Waals surface area contributed by atoms with Crippen LogP contribution in [0.25, 0.3) is 22.8 Å². The molecule has 0 spiro atoms. The van der Waals surface area contributed by atoms with Gasteiger partial charge in [0.25, 0.3) is 5.89 Å². The van der Waals surface area contributed by atoms with Crippen LogP contribution in [0.3, 0.4) is 0 Å². The minimum Gasteiger partial charge on any atom is -0.508 e. The van der Waals surface area contributed by atoms with Gasteiger partial charge in [0.1, 0.15) is 5.75 Å². The van der Waals surface area contributed by atoms with Crippen LogP contribution in [0, 0.1) is 17.3 Å². The maximum Gasteiger partial charge on any atom is 0.309 e. The predicted molar refractivity (Wildman–Crippen MR) is 163 cm³/mol. The third kappa shape index (κ3) is 9.68. The molecule has 3 aromatic rings. The Balaban J connectivity index is 0.000000850. The first-order valence-corrected chi connectivity index (χ1v) is 14.6. The van der Waals surface area contributed by atoms with Crippen molar-refractivity contribution < 1.29 is 19.5 Å². The van der Waals surface area contributed by atoms with E-state index < -0.39 is 11.4 Å². The molecule has 1 aromatic heterocycles. The molecule has 4 rings (SSSR count). The summed E-state index contributed by atoms with van der Waals surface area (Å²) in [7, 11) is 0. The molecule has 0 amide bonds. The van der Waals surface area contributed by atoms with Crippen molar-refractivity contribution in [1.82, 2.24) is 15.0 Å². The van der Waals surface area contributed by atoms with E-state index in [0.29, 0.717) is 42.0 Å². The van der Waals surface area contributed by atoms with Crippen LogP contribution in [0.15, 0.2) is 47.0 Å². The van der Waals surface area contributed by atoms with Gasteiger partial charge in [-0.3, -0.25) is 9.69 Å². The molecule has 2 aromatic carbocycles. The number of aliphatic carboxylic acids is 1. The largest absolute Gasteiger partial charge is 0.508 e. The van der Waals surface area contributed by atoms with Gasteiger partial charge >= 0.3 is 5.97 Å². The minimum atomic E-state index is -0.651. The molecular formula is C33H48N4O4. The number of hydrogen-bond acceptors (Lipinski definition) is 7. The zero-order valence-electron chi connectivity index (χ0n) is 25.8. The van der Waals surface area contributed by atoms with Gasteiger partial charge in [0, 0.05) is 23.2 Å². The van der Waals surface area contributed by atoms with Crippen molar-refractivity contribution in [2.45, 2.75) is 86.2 Å². The highest BCUT2D eigenvalue weighted by Crippen LogP contribution is 2.38. The number of rotatable bonds is 9. The summed E-state index contributed by atoms with van der Waals surface area (Å²) in [6.07, 6.45) is 2.93. The van der Waals surface area contributed by atoms with Gasteiger partial charge in [-0.15, -0.1) is 0 Å². The zero-order chi connectivity index (χ0) is 30.4. The molecule has 0 atom stereocenters. The third-order valence-corrected chi connectivity index (χ3v) is 7.07. The number of likely N-dealkylation sites (tertiary alicyclic amines) is 1. The number of phenolic OH excluding ortho intramolecular Hbond substituents is 1. The summed E-state index contributed by atoms with van der Waals surface area (Å²) in [5, 5.41) is 24.3. The van der Waals surface area contributed by atoms with E-state index in [9.17, 15) is 15.0 Å². The number of phenols is 1. The Morgan fingerprint density at radius 1 is 1.02 bits per heavy atom. The number of carbonyl (C=O) groups is 1. The molecule has 0 radical (unpaired) electrons. The van der Waals surface area contributed by atoms with Crippen molar-refractivity contribution in [3.63, 3.8) is 0 Å². The second-order valence-electron chi connectivity index (χ2n) is 13.4. The molecule has 1 fully saturated rings. The molecular weight excluding hydrogens is 516 g/mol. The summed E-state index contributed by atoms with van der Waals surface area (Å²) in [6.45, 7) is 16.7. The lowest BCUT2D eigenvalue weighted by molar-refractivity contribution is -0.153. The fourth-order valence-electron chi connectivity index (χ4n) is 5.21. The normalized spacial score (nSPS) is 15.6. The average Bonchev–Trinajstić information content (AvgIpc) is 3.36. The Kier molecular flexibility index (Phi) is 10.7. The summed E-state index contributed by atoms with van der Waals surface area (Å²) in [4.78, 5) is 18.8. The predicted octanol–water partition coefficient (Wildman–Crippen LogP) is 6.76. The number of benzene rings is 2. The number of carboxylic acids is 1. The highest BCUT2D eigenvalue weighted by molar-refractivity contribution is 5.74. The smallest absolute Gasteiger partial charge is 0.309 e. The SMILES string of the molecule is CC(C)(C)N.CC(C)Cc1ccc(-c2nc(-c3ccc(CN4CCC(CC(C)C)(C(=O)O)CC4)cc3)no2)cc1O. The molecule has 1 aliphatic rings. The average molecular weight is 565 g/mol. The van der Waals surface area contributed by atoms with Gasteiger partial charge < -0.3 is 20.5 Å². The van der Waals surface area contributed by atoms with E-state index in [1.165, 1.54) is 5.56 Å². The molecule has 0 unspecified atom stereocenters. The highest BCUT2D eigenvalue weighted by atomic mass is 16.5. The topological polar surface area (TPSA) is 126 Å². The number of aromatic hydroxyl groups is 1. The van der Waals surface area contributed by atoms with Crippen LogP contribution in [-0.2, 0) is 17.8 Å². The van der Waals surface area contributed by atoms with E-state index in [1.807, 2.05) is 45.0 Å². The summed E-state index contributed by atoms with van der Waals surface area (Å²) in [5.74, 6) is 1.30. The van der Waals surface area contributed by atoms with E-state index in [0.717, 1.165) is 43.6 Å². The van der Waals surface area contributed by atoms with Crippen molar-refractivity contribution >= 4 is 5.97 Å². The second kappa shape index (κ2) is 13.6. The van der Waals surface area contributed by atoms with Gasteiger partial charge in [-0.2, -0.15) is 4.98 Å². The van der Waals surface area contributed by atoms with Crippen molar-refractivity contribution in [2.75, 3.05) is 13.1 Å². The van der Waals surface area contributed by atoms with Gasteiger partial charge in [-0.1, -0.05) is 63.2 Å². The molecule has 0 aliphatic carbocycles. The van der Waals surface area contributed by atoms with E-state index in [1.54, 1.807) is 6.07 Å². The number of nitrogens with two attached hydrogens (primary N) is 1. The quantitative estimate of drug-likeness (QED) is 0.260. The molecule has 4 N–H and O–H groups in total. The first kappa shape index (κ1) is 32.3. The molecule has 8 heteroatoms.